The molecule has 9 heteroatoms. The van der Waals surface area contributed by atoms with Gasteiger partial charge >= 0.3 is 0 Å². The lowest BCUT2D eigenvalue weighted by atomic mass is 10.0. The van der Waals surface area contributed by atoms with Crippen LogP contribution in [-0.2, 0) is 4.79 Å². The van der Waals surface area contributed by atoms with Gasteiger partial charge in [0, 0.05) is 11.6 Å². The quantitative estimate of drug-likeness (QED) is 0.551. The fraction of sp³-hybridized carbons (Fsp3) is 0.318. The Balaban J connectivity index is 1.79. The van der Waals surface area contributed by atoms with E-state index in [1.165, 1.54) is 25.6 Å². The summed E-state index contributed by atoms with van der Waals surface area (Å²) in [4.78, 5) is 30.3. The van der Waals surface area contributed by atoms with Crippen LogP contribution in [0, 0.1) is 5.92 Å². The van der Waals surface area contributed by atoms with Crippen molar-refractivity contribution in [3.05, 3.63) is 42.0 Å². The molecule has 0 radical (unpaired) electrons. The van der Waals surface area contributed by atoms with Gasteiger partial charge in [-0.2, -0.15) is 0 Å². The molecule has 31 heavy (non-hydrogen) atoms. The summed E-state index contributed by atoms with van der Waals surface area (Å²) in [5, 5.41) is 6.05. The van der Waals surface area contributed by atoms with E-state index in [2.05, 4.69) is 15.6 Å². The molecular weight excluding hydrogens is 418 g/mol. The third kappa shape index (κ3) is 5.05. The number of carbonyl (C=O) groups is 2. The Kier molecular flexibility index (Phi) is 6.96. The van der Waals surface area contributed by atoms with Crippen LogP contribution in [0.25, 0.3) is 10.2 Å². The fourth-order valence-corrected chi connectivity index (χ4v) is 3.91. The van der Waals surface area contributed by atoms with E-state index in [-0.39, 0.29) is 11.8 Å². The number of fused-ring (bicyclic) bond motifs is 1. The normalized spacial score (nSPS) is 11.8. The number of methoxy groups -OCH3 is 3. The zero-order chi connectivity index (χ0) is 22.5. The van der Waals surface area contributed by atoms with Gasteiger partial charge in [0.05, 0.1) is 26.0 Å². The van der Waals surface area contributed by atoms with Crippen molar-refractivity contribution in [3.63, 3.8) is 0 Å². The molecule has 3 rings (SSSR count). The number of thiazole rings is 1. The number of nitrogens with one attached hydrogen (secondary N) is 2. The number of aromatic nitrogens is 1. The van der Waals surface area contributed by atoms with Gasteiger partial charge in [-0.3, -0.25) is 9.59 Å². The minimum atomic E-state index is -0.765. The van der Waals surface area contributed by atoms with E-state index in [0.29, 0.717) is 33.5 Å². The second-order valence-electron chi connectivity index (χ2n) is 7.11. The van der Waals surface area contributed by atoms with Gasteiger partial charge in [-0.05, 0) is 30.2 Å². The molecule has 1 heterocycles. The smallest absolute Gasteiger partial charge is 0.252 e. The summed E-state index contributed by atoms with van der Waals surface area (Å²) in [6.45, 7) is 3.72. The Morgan fingerprint density at radius 3 is 2.26 bits per heavy atom. The standard InChI is InChI=1S/C22H25N3O5S/c1-12(2)18(23-20(26)13-9-14(28-3)11-15(10-13)29-4)21(27)25-22-24-19-16(30-5)7-6-8-17(19)31-22/h6-12,18H,1-5H3,(H,23,26)(H,24,25,27)/t18-/m0/s1. The van der Waals surface area contributed by atoms with Crippen molar-refractivity contribution >= 4 is 38.5 Å². The third-order valence-corrected chi connectivity index (χ3v) is 5.62. The predicted molar refractivity (Wildman–Crippen MR) is 120 cm³/mol. The Morgan fingerprint density at radius 2 is 1.68 bits per heavy atom. The highest BCUT2D eigenvalue weighted by Crippen LogP contribution is 2.32. The second-order valence-corrected chi connectivity index (χ2v) is 8.14. The molecule has 1 aromatic heterocycles. The number of para-hydroxylation sites is 1. The Labute approximate surface area is 184 Å². The molecule has 0 saturated heterocycles. The zero-order valence-corrected chi connectivity index (χ0v) is 18.8. The average molecular weight is 444 g/mol. The van der Waals surface area contributed by atoms with Crippen LogP contribution in [0.5, 0.6) is 17.2 Å². The number of ether oxygens (including phenoxy) is 3. The lowest BCUT2D eigenvalue weighted by Crippen LogP contribution is -2.47. The van der Waals surface area contributed by atoms with E-state index < -0.39 is 11.9 Å². The zero-order valence-electron chi connectivity index (χ0n) is 18.0. The molecule has 1 atom stereocenters. The number of rotatable bonds is 8. The molecule has 3 aromatic rings. The first-order valence-corrected chi connectivity index (χ1v) is 10.5. The topological polar surface area (TPSA) is 98.8 Å². The molecule has 0 aliphatic rings. The Bertz CT molecular complexity index is 1070. The summed E-state index contributed by atoms with van der Waals surface area (Å²) in [5.74, 6) is 0.695. The minimum absolute atomic E-state index is 0.152. The number of benzene rings is 2. The summed E-state index contributed by atoms with van der Waals surface area (Å²) in [5.41, 5.74) is 1.01. The number of anilines is 1. The molecule has 8 nitrogen and oxygen atoms in total. The minimum Gasteiger partial charge on any atom is -0.497 e. The van der Waals surface area contributed by atoms with Crippen LogP contribution in [0.1, 0.15) is 24.2 Å². The van der Waals surface area contributed by atoms with Crippen molar-refractivity contribution in [3.8, 4) is 17.2 Å². The summed E-state index contributed by atoms with van der Waals surface area (Å²) in [6, 6.07) is 9.67. The molecule has 2 N–H and O–H groups in total. The summed E-state index contributed by atoms with van der Waals surface area (Å²) in [6.07, 6.45) is 0. The molecule has 2 amide bonds. The van der Waals surface area contributed by atoms with Crippen LogP contribution in [0.15, 0.2) is 36.4 Å². The van der Waals surface area contributed by atoms with E-state index in [4.69, 9.17) is 14.2 Å². The molecule has 0 unspecified atom stereocenters. The van der Waals surface area contributed by atoms with E-state index >= 15 is 0 Å². The second kappa shape index (κ2) is 9.65. The van der Waals surface area contributed by atoms with Crippen molar-refractivity contribution in [2.24, 2.45) is 5.92 Å². The van der Waals surface area contributed by atoms with Crippen molar-refractivity contribution in [2.45, 2.75) is 19.9 Å². The highest BCUT2D eigenvalue weighted by atomic mass is 32.1. The molecule has 0 aliphatic heterocycles. The third-order valence-electron chi connectivity index (χ3n) is 4.68. The maximum Gasteiger partial charge on any atom is 0.252 e. The van der Waals surface area contributed by atoms with Crippen LogP contribution in [0.3, 0.4) is 0 Å². The van der Waals surface area contributed by atoms with Crippen LogP contribution in [0.4, 0.5) is 5.13 Å². The first-order chi connectivity index (χ1) is 14.9. The Hall–Kier alpha value is -3.33. The monoisotopic (exact) mass is 443 g/mol. The van der Waals surface area contributed by atoms with Gasteiger partial charge in [-0.1, -0.05) is 31.3 Å². The highest BCUT2D eigenvalue weighted by molar-refractivity contribution is 7.22. The molecule has 0 fully saturated rings. The molecule has 0 bridgehead atoms. The molecular formula is C22H25N3O5S. The molecule has 164 valence electrons. The lowest BCUT2D eigenvalue weighted by molar-refractivity contribution is -0.118. The van der Waals surface area contributed by atoms with Gasteiger partial charge in [0.2, 0.25) is 5.91 Å². The maximum absolute atomic E-state index is 13.0. The van der Waals surface area contributed by atoms with E-state index in [9.17, 15) is 9.59 Å². The van der Waals surface area contributed by atoms with Crippen LogP contribution in [-0.4, -0.2) is 44.2 Å². The first kappa shape index (κ1) is 22.4. The van der Waals surface area contributed by atoms with E-state index in [1.54, 1.807) is 25.3 Å². The van der Waals surface area contributed by atoms with Gasteiger partial charge in [0.1, 0.15) is 28.8 Å². The molecule has 0 saturated carbocycles. The number of hydrogen-bond donors (Lipinski definition) is 2. The molecule has 0 spiro atoms. The van der Waals surface area contributed by atoms with Gasteiger partial charge in [-0.25, -0.2) is 4.98 Å². The Morgan fingerprint density at radius 1 is 1.00 bits per heavy atom. The predicted octanol–water partition coefficient (Wildman–Crippen LogP) is 3.72. The average Bonchev–Trinajstić information content (AvgIpc) is 3.18. The van der Waals surface area contributed by atoms with Crippen LogP contribution >= 0.6 is 11.3 Å². The lowest BCUT2D eigenvalue weighted by Gasteiger charge is -2.21. The van der Waals surface area contributed by atoms with Crippen LogP contribution in [0.2, 0.25) is 0 Å². The summed E-state index contributed by atoms with van der Waals surface area (Å²) < 4.78 is 16.7. The maximum atomic E-state index is 13.0. The van der Waals surface area contributed by atoms with Crippen molar-refractivity contribution < 1.29 is 23.8 Å². The summed E-state index contributed by atoms with van der Waals surface area (Å²) in [7, 11) is 4.59. The van der Waals surface area contributed by atoms with Gasteiger partial charge in [0.25, 0.3) is 5.91 Å². The number of amides is 2. The molecule has 0 aliphatic carbocycles. The number of nitrogens with zero attached hydrogens (tertiary/aromatic N) is 1. The van der Waals surface area contributed by atoms with Gasteiger partial charge < -0.3 is 24.8 Å². The number of carbonyl (C=O) groups excluding carboxylic acids is 2. The summed E-state index contributed by atoms with van der Waals surface area (Å²) >= 11 is 1.34. The van der Waals surface area contributed by atoms with Crippen LogP contribution < -0.4 is 24.8 Å². The van der Waals surface area contributed by atoms with Crippen molar-refractivity contribution in [1.82, 2.24) is 10.3 Å². The van der Waals surface area contributed by atoms with Gasteiger partial charge in [-0.15, -0.1) is 0 Å². The van der Waals surface area contributed by atoms with E-state index in [1.807, 2.05) is 32.0 Å². The van der Waals surface area contributed by atoms with E-state index in [0.717, 1.165) is 4.70 Å². The number of hydrogen-bond acceptors (Lipinski definition) is 7. The first-order valence-electron chi connectivity index (χ1n) is 9.64. The van der Waals surface area contributed by atoms with Crippen molar-refractivity contribution in [2.75, 3.05) is 26.6 Å². The largest absolute Gasteiger partial charge is 0.497 e. The molecule has 2 aromatic carbocycles. The SMILES string of the molecule is COc1cc(OC)cc(C(=O)N[C@H](C(=O)Nc2nc3c(OC)cccc3s2)C(C)C)c1. The van der Waals surface area contributed by atoms with Gasteiger partial charge in [0.15, 0.2) is 5.13 Å². The van der Waals surface area contributed by atoms with Crippen molar-refractivity contribution in [1.29, 1.82) is 0 Å². The fourth-order valence-electron chi connectivity index (χ4n) is 3.02. The highest BCUT2D eigenvalue weighted by Gasteiger charge is 2.26.